The first-order valence-corrected chi connectivity index (χ1v) is 7.41. The fourth-order valence-electron chi connectivity index (χ4n) is 2.49. The van der Waals surface area contributed by atoms with Gasteiger partial charge in [0.25, 0.3) is 0 Å². The van der Waals surface area contributed by atoms with Crippen molar-refractivity contribution in [3.05, 3.63) is 11.8 Å². The third-order valence-corrected chi connectivity index (χ3v) is 3.39. The van der Waals surface area contributed by atoms with Crippen molar-refractivity contribution >= 4 is 5.91 Å². The normalized spacial score (nSPS) is 22.8. The Labute approximate surface area is 125 Å². The van der Waals surface area contributed by atoms with Crippen LogP contribution in [0.3, 0.4) is 0 Å². The van der Waals surface area contributed by atoms with E-state index in [2.05, 4.69) is 10.2 Å². The molecule has 1 saturated heterocycles. The Morgan fingerprint density at radius 1 is 1.29 bits per heavy atom. The first-order valence-electron chi connectivity index (χ1n) is 7.41. The van der Waals surface area contributed by atoms with Crippen LogP contribution < -0.4 is 0 Å². The molecule has 1 aliphatic rings. The number of carbonyl (C=O) groups excluding carboxylic acids is 1. The highest BCUT2D eigenvalue weighted by atomic mass is 16.5. The average Bonchev–Trinajstić information content (AvgIpc) is 2.85. The van der Waals surface area contributed by atoms with E-state index in [1.807, 2.05) is 37.6 Å². The number of morpholine rings is 1. The van der Waals surface area contributed by atoms with Gasteiger partial charge >= 0.3 is 0 Å². The standard InChI is InChI=1S/C14H24N4O3/c1-5-12-15-16-13(21-12)8-17(4)9-14(19)18-6-10(2)20-11(3)7-18/h10-11H,5-9H2,1-4H3/t10-,11+. The van der Waals surface area contributed by atoms with E-state index in [9.17, 15) is 4.79 Å². The Balaban J connectivity index is 1.83. The Kier molecular flexibility index (Phi) is 5.30. The maximum atomic E-state index is 12.3. The molecule has 0 N–H and O–H groups in total. The van der Waals surface area contributed by atoms with Crippen LogP contribution in [0.25, 0.3) is 0 Å². The molecule has 0 aromatic carbocycles. The summed E-state index contributed by atoms with van der Waals surface area (Å²) in [5.41, 5.74) is 0. The smallest absolute Gasteiger partial charge is 0.236 e. The number of aromatic nitrogens is 2. The minimum atomic E-state index is 0.0889. The Bertz CT molecular complexity index is 467. The lowest BCUT2D eigenvalue weighted by Gasteiger charge is -2.36. The highest BCUT2D eigenvalue weighted by Crippen LogP contribution is 2.11. The molecular weight excluding hydrogens is 272 g/mol. The van der Waals surface area contributed by atoms with E-state index in [4.69, 9.17) is 9.15 Å². The van der Waals surface area contributed by atoms with E-state index in [0.717, 1.165) is 6.42 Å². The largest absolute Gasteiger partial charge is 0.424 e. The molecule has 1 amide bonds. The summed E-state index contributed by atoms with van der Waals surface area (Å²) in [6.07, 6.45) is 0.899. The highest BCUT2D eigenvalue weighted by molar-refractivity contribution is 5.78. The predicted molar refractivity (Wildman–Crippen MR) is 76.6 cm³/mol. The molecule has 1 aromatic heterocycles. The number of aryl methyl sites for hydroxylation is 1. The molecule has 0 bridgehead atoms. The van der Waals surface area contributed by atoms with Crippen molar-refractivity contribution < 1.29 is 13.9 Å². The van der Waals surface area contributed by atoms with E-state index < -0.39 is 0 Å². The molecule has 1 aliphatic heterocycles. The van der Waals surface area contributed by atoms with E-state index in [1.165, 1.54) is 0 Å². The molecule has 2 atom stereocenters. The summed E-state index contributed by atoms with van der Waals surface area (Å²) in [7, 11) is 1.88. The topological polar surface area (TPSA) is 71.7 Å². The van der Waals surface area contributed by atoms with E-state index in [0.29, 0.717) is 38.0 Å². The minimum Gasteiger partial charge on any atom is -0.424 e. The van der Waals surface area contributed by atoms with Gasteiger partial charge in [0.15, 0.2) is 0 Å². The minimum absolute atomic E-state index is 0.0889. The van der Waals surface area contributed by atoms with Crippen LogP contribution in [0.15, 0.2) is 4.42 Å². The monoisotopic (exact) mass is 296 g/mol. The van der Waals surface area contributed by atoms with Gasteiger partial charge in [0.2, 0.25) is 17.7 Å². The van der Waals surface area contributed by atoms with Gasteiger partial charge in [-0.1, -0.05) is 6.92 Å². The predicted octanol–water partition coefficient (Wildman–Crippen LogP) is 0.700. The molecule has 0 spiro atoms. The first-order chi connectivity index (χ1) is 9.97. The summed E-state index contributed by atoms with van der Waals surface area (Å²) in [6, 6.07) is 0. The van der Waals surface area contributed by atoms with E-state index in [1.54, 1.807) is 0 Å². The molecule has 7 heteroatoms. The molecule has 118 valence electrons. The van der Waals surface area contributed by atoms with E-state index >= 15 is 0 Å². The van der Waals surface area contributed by atoms with Gasteiger partial charge in [-0.25, -0.2) is 0 Å². The van der Waals surface area contributed by atoms with Gasteiger partial charge in [-0.05, 0) is 20.9 Å². The number of hydrogen-bond acceptors (Lipinski definition) is 6. The van der Waals surface area contributed by atoms with Crippen molar-refractivity contribution in [3.8, 4) is 0 Å². The molecule has 0 saturated carbocycles. The Hall–Kier alpha value is -1.47. The zero-order valence-electron chi connectivity index (χ0n) is 13.2. The van der Waals surface area contributed by atoms with Gasteiger partial charge < -0.3 is 14.1 Å². The Morgan fingerprint density at radius 2 is 1.90 bits per heavy atom. The van der Waals surface area contributed by atoms with Gasteiger partial charge in [-0.15, -0.1) is 10.2 Å². The lowest BCUT2D eigenvalue weighted by atomic mass is 10.2. The first kappa shape index (κ1) is 15.9. The molecule has 0 aliphatic carbocycles. The Morgan fingerprint density at radius 3 is 2.48 bits per heavy atom. The van der Waals surface area contributed by atoms with Crippen molar-refractivity contribution in [2.24, 2.45) is 0 Å². The van der Waals surface area contributed by atoms with Crippen molar-refractivity contribution in [1.82, 2.24) is 20.0 Å². The molecule has 21 heavy (non-hydrogen) atoms. The maximum Gasteiger partial charge on any atom is 0.236 e. The van der Waals surface area contributed by atoms with Crippen LogP contribution in [0.4, 0.5) is 0 Å². The van der Waals surface area contributed by atoms with Gasteiger partial charge in [-0.3, -0.25) is 9.69 Å². The van der Waals surface area contributed by atoms with Gasteiger partial charge in [0.1, 0.15) is 0 Å². The van der Waals surface area contributed by atoms with Crippen LogP contribution in [0.2, 0.25) is 0 Å². The molecule has 7 nitrogen and oxygen atoms in total. The lowest BCUT2D eigenvalue weighted by molar-refractivity contribution is -0.144. The van der Waals surface area contributed by atoms with Crippen LogP contribution in [0, 0.1) is 0 Å². The summed E-state index contributed by atoms with van der Waals surface area (Å²) in [5.74, 6) is 1.28. The molecule has 0 unspecified atom stereocenters. The third-order valence-electron chi connectivity index (χ3n) is 3.39. The highest BCUT2D eigenvalue weighted by Gasteiger charge is 2.26. The zero-order chi connectivity index (χ0) is 15.4. The number of nitrogens with zero attached hydrogens (tertiary/aromatic N) is 4. The number of rotatable bonds is 5. The van der Waals surface area contributed by atoms with E-state index in [-0.39, 0.29) is 18.1 Å². The van der Waals surface area contributed by atoms with Crippen LogP contribution in [0.5, 0.6) is 0 Å². The number of likely N-dealkylation sites (N-methyl/N-ethyl adjacent to an activating group) is 1. The number of amides is 1. The molecular formula is C14H24N4O3. The number of hydrogen-bond donors (Lipinski definition) is 0. The van der Waals surface area contributed by atoms with Gasteiger partial charge in [-0.2, -0.15) is 0 Å². The average molecular weight is 296 g/mol. The second-order valence-corrected chi connectivity index (χ2v) is 5.67. The van der Waals surface area contributed by atoms with Gasteiger partial charge in [0.05, 0.1) is 25.3 Å². The van der Waals surface area contributed by atoms with Crippen molar-refractivity contribution in [1.29, 1.82) is 0 Å². The molecule has 0 radical (unpaired) electrons. The van der Waals surface area contributed by atoms with Gasteiger partial charge in [0, 0.05) is 19.5 Å². The fourth-order valence-corrected chi connectivity index (χ4v) is 2.49. The lowest BCUT2D eigenvalue weighted by Crippen LogP contribution is -2.50. The van der Waals surface area contributed by atoms with Crippen molar-refractivity contribution in [2.45, 2.75) is 45.9 Å². The summed E-state index contributed by atoms with van der Waals surface area (Å²) in [5, 5.41) is 7.89. The van der Waals surface area contributed by atoms with Crippen LogP contribution in [-0.4, -0.2) is 64.8 Å². The SMILES string of the molecule is CCc1nnc(CN(C)CC(=O)N2C[C@@H](C)O[C@@H](C)C2)o1. The summed E-state index contributed by atoms with van der Waals surface area (Å²) in [4.78, 5) is 16.1. The molecule has 2 rings (SSSR count). The summed E-state index contributed by atoms with van der Waals surface area (Å²) >= 11 is 0. The van der Waals surface area contributed by atoms with Crippen molar-refractivity contribution in [3.63, 3.8) is 0 Å². The zero-order valence-corrected chi connectivity index (χ0v) is 13.2. The number of carbonyl (C=O) groups is 1. The molecule has 1 fully saturated rings. The third kappa shape index (κ3) is 4.50. The quantitative estimate of drug-likeness (QED) is 0.796. The molecule has 1 aromatic rings. The number of ether oxygens (including phenoxy) is 1. The summed E-state index contributed by atoms with van der Waals surface area (Å²) < 4.78 is 11.1. The van der Waals surface area contributed by atoms with Crippen molar-refractivity contribution in [2.75, 3.05) is 26.7 Å². The maximum absolute atomic E-state index is 12.3. The van der Waals surface area contributed by atoms with Crippen LogP contribution >= 0.6 is 0 Å². The molecule has 2 heterocycles. The second-order valence-electron chi connectivity index (χ2n) is 5.67. The second kappa shape index (κ2) is 7.00. The van der Waals surface area contributed by atoms with Crippen LogP contribution in [-0.2, 0) is 22.5 Å². The fraction of sp³-hybridized carbons (Fsp3) is 0.786. The summed E-state index contributed by atoms with van der Waals surface area (Å²) in [6.45, 7) is 8.06. The van der Waals surface area contributed by atoms with Crippen LogP contribution in [0.1, 0.15) is 32.6 Å².